The molecule has 1 heterocycles. The van der Waals surface area contributed by atoms with Gasteiger partial charge in [0.2, 0.25) is 0 Å². The summed E-state index contributed by atoms with van der Waals surface area (Å²) in [4.78, 5) is 2.71. The first-order valence-electron chi connectivity index (χ1n) is 7.77. The van der Waals surface area contributed by atoms with Crippen molar-refractivity contribution in [3.63, 3.8) is 0 Å². The summed E-state index contributed by atoms with van der Waals surface area (Å²) in [6.07, 6.45) is 4.06. The molecule has 0 spiro atoms. The summed E-state index contributed by atoms with van der Waals surface area (Å²) in [5.74, 6) is 1.71. The van der Waals surface area contributed by atoms with Crippen LogP contribution in [-0.4, -0.2) is 49.8 Å². The van der Waals surface area contributed by atoms with E-state index in [2.05, 4.69) is 31.0 Å². The highest BCUT2D eigenvalue weighted by Gasteiger charge is 2.37. The Morgan fingerprint density at radius 2 is 2.11 bits per heavy atom. The minimum Gasteiger partial charge on any atom is -0.382 e. The summed E-state index contributed by atoms with van der Waals surface area (Å²) in [6, 6.07) is 1.47. The van der Waals surface area contributed by atoms with Crippen molar-refractivity contribution >= 4 is 0 Å². The molecule has 106 valence electrons. The van der Waals surface area contributed by atoms with E-state index in [-0.39, 0.29) is 0 Å². The van der Waals surface area contributed by atoms with Crippen LogP contribution in [0.5, 0.6) is 0 Å². The molecule has 1 saturated heterocycles. The van der Waals surface area contributed by atoms with E-state index in [1.165, 1.54) is 38.9 Å². The van der Waals surface area contributed by atoms with Crippen LogP contribution in [0.4, 0.5) is 0 Å². The fraction of sp³-hybridized carbons (Fsp3) is 1.00. The van der Waals surface area contributed by atoms with Gasteiger partial charge in [-0.05, 0) is 38.0 Å². The largest absolute Gasteiger partial charge is 0.382 e. The number of hydrogen-bond acceptors (Lipinski definition) is 3. The van der Waals surface area contributed by atoms with E-state index in [4.69, 9.17) is 4.74 Å². The molecule has 0 radical (unpaired) electrons. The lowest BCUT2D eigenvalue weighted by Crippen LogP contribution is -2.59. The van der Waals surface area contributed by atoms with Gasteiger partial charge < -0.3 is 10.1 Å². The Hall–Kier alpha value is -0.120. The lowest BCUT2D eigenvalue weighted by molar-refractivity contribution is 0.0738. The summed E-state index contributed by atoms with van der Waals surface area (Å²) in [5.41, 5.74) is 0. The molecule has 2 atom stereocenters. The third kappa shape index (κ3) is 3.94. The van der Waals surface area contributed by atoms with Crippen LogP contribution in [0.25, 0.3) is 0 Å². The molecule has 3 nitrogen and oxygen atoms in total. The van der Waals surface area contributed by atoms with Crippen molar-refractivity contribution in [2.24, 2.45) is 11.8 Å². The van der Waals surface area contributed by atoms with Gasteiger partial charge in [0, 0.05) is 44.9 Å². The SMILES string of the molecule is CCOCCCN1CC(C2CC2)NCC1C(C)C. The lowest BCUT2D eigenvalue weighted by atomic mass is 9.97. The van der Waals surface area contributed by atoms with Gasteiger partial charge in [-0.1, -0.05) is 13.8 Å². The van der Waals surface area contributed by atoms with Crippen molar-refractivity contribution in [3.05, 3.63) is 0 Å². The molecule has 3 heteroatoms. The zero-order valence-corrected chi connectivity index (χ0v) is 12.3. The molecular formula is C15H30N2O. The van der Waals surface area contributed by atoms with Crippen LogP contribution in [0.1, 0.15) is 40.0 Å². The molecule has 2 rings (SSSR count). The predicted molar refractivity (Wildman–Crippen MR) is 75.8 cm³/mol. The molecule has 2 aliphatic rings. The van der Waals surface area contributed by atoms with Crippen LogP contribution in [0.15, 0.2) is 0 Å². The molecule has 2 unspecified atom stereocenters. The Kier molecular flexibility index (Phi) is 5.46. The molecule has 1 N–H and O–H groups in total. The van der Waals surface area contributed by atoms with Gasteiger partial charge in [-0.25, -0.2) is 0 Å². The van der Waals surface area contributed by atoms with E-state index in [1.54, 1.807) is 0 Å². The number of nitrogens with one attached hydrogen (secondary N) is 1. The third-order valence-corrected chi connectivity index (χ3v) is 4.39. The maximum absolute atomic E-state index is 5.46. The maximum atomic E-state index is 5.46. The van der Waals surface area contributed by atoms with Crippen LogP contribution in [0.2, 0.25) is 0 Å². The van der Waals surface area contributed by atoms with Crippen molar-refractivity contribution in [3.8, 4) is 0 Å². The predicted octanol–water partition coefficient (Wildman–Crippen LogP) is 2.12. The van der Waals surface area contributed by atoms with Crippen molar-refractivity contribution in [2.75, 3.05) is 32.8 Å². The number of hydrogen-bond donors (Lipinski definition) is 1. The molecule has 1 aliphatic heterocycles. The summed E-state index contributed by atoms with van der Waals surface area (Å²) in [5, 5.41) is 3.77. The highest BCUT2D eigenvalue weighted by molar-refractivity contribution is 4.95. The van der Waals surface area contributed by atoms with E-state index < -0.39 is 0 Å². The molecule has 2 fully saturated rings. The van der Waals surface area contributed by atoms with Crippen LogP contribution >= 0.6 is 0 Å². The Morgan fingerprint density at radius 1 is 1.33 bits per heavy atom. The van der Waals surface area contributed by atoms with E-state index in [0.29, 0.717) is 6.04 Å². The summed E-state index contributed by atoms with van der Waals surface area (Å²) < 4.78 is 5.46. The smallest absolute Gasteiger partial charge is 0.0478 e. The van der Waals surface area contributed by atoms with Gasteiger partial charge in [-0.15, -0.1) is 0 Å². The maximum Gasteiger partial charge on any atom is 0.0478 e. The number of rotatable bonds is 7. The Balaban J connectivity index is 1.79. The minimum absolute atomic E-state index is 0.710. The standard InChI is InChI=1S/C15H30N2O/c1-4-18-9-5-8-17-11-14(13-6-7-13)16-10-15(17)12(2)3/h12-16H,4-11H2,1-3H3. The lowest BCUT2D eigenvalue weighted by Gasteiger charge is -2.42. The molecule has 0 amide bonds. The van der Waals surface area contributed by atoms with Crippen LogP contribution in [-0.2, 0) is 4.74 Å². The van der Waals surface area contributed by atoms with Crippen LogP contribution in [0.3, 0.4) is 0 Å². The number of nitrogens with zero attached hydrogens (tertiary/aromatic N) is 1. The fourth-order valence-corrected chi connectivity index (χ4v) is 3.10. The molecule has 0 aromatic carbocycles. The Labute approximate surface area is 112 Å². The summed E-state index contributed by atoms with van der Waals surface area (Å²) >= 11 is 0. The second-order valence-electron chi connectivity index (χ2n) is 6.21. The van der Waals surface area contributed by atoms with Gasteiger partial charge >= 0.3 is 0 Å². The summed E-state index contributed by atoms with van der Waals surface area (Å²) in [7, 11) is 0. The van der Waals surface area contributed by atoms with Crippen molar-refractivity contribution < 1.29 is 4.74 Å². The first kappa shape index (κ1) is 14.3. The zero-order valence-electron chi connectivity index (χ0n) is 12.3. The fourth-order valence-electron chi connectivity index (χ4n) is 3.10. The van der Waals surface area contributed by atoms with E-state index in [9.17, 15) is 0 Å². The molecule has 1 saturated carbocycles. The van der Waals surface area contributed by atoms with Gasteiger partial charge in [-0.3, -0.25) is 4.90 Å². The average Bonchev–Trinajstić information content (AvgIpc) is 3.18. The third-order valence-electron chi connectivity index (χ3n) is 4.39. The van der Waals surface area contributed by atoms with Gasteiger partial charge in [0.1, 0.15) is 0 Å². The van der Waals surface area contributed by atoms with Gasteiger partial charge in [0.15, 0.2) is 0 Å². The monoisotopic (exact) mass is 254 g/mol. The first-order chi connectivity index (χ1) is 8.72. The topological polar surface area (TPSA) is 24.5 Å². The van der Waals surface area contributed by atoms with Crippen LogP contribution < -0.4 is 5.32 Å². The Bertz CT molecular complexity index is 241. The number of piperazine rings is 1. The highest BCUT2D eigenvalue weighted by Crippen LogP contribution is 2.34. The number of ether oxygens (including phenoxy) is 1. The average molecular weight is 254 g/mol. The second kappa shape index (κ2) is 6.88. The quantitative estimate of drug-likeness (QED) is 0.704. The second-order valence-corrected chi connectivity index (χ2v) is 6.21. The van der Waals surface area contributed by atoms with Gasteiger partial charge in [0.05, 0.1) is 0 Å². The highest BCUT2D eigenvalue weighted by atomic mass is 16.5. The minimum atomic E-state index is 0.710. The van der Waals surface area contributed by atoms with E-state index in [0.717, 1.165) is 31.1 Å². The zero-order chi connectivity index (χ0) is 13.0. The van der Waals surface area contributed by atoms with E-state index >= 15 is 0 Å². The molecule has 0 bridgehead atoms. The van der Waals surface area contributed by atoms with Crippen LogP contribution in [0, 0.1) is 11.8 Å². The molecule has 0 aromatic rings. The normalized spacial score (nSPS) is 30.0. The molecule has 1 aliphatic carbocycles. The van der Waals surface area contributed by atoms with E-state index in [1.807, 2.05) is 0 Å². The van der Waals surface area contributed by atoms with Gasteiger partial charge in [-0.2, -0.15) is 0 Å². The van der Waals surface area contributed by atoms with Crippen molar-refractivity contribution in [2.45, 2.75) is 52.1 Å². The summed E-state index contributed by atoms with van der Waals surface area (Å²) in [6.45, 7) is 12.2. The first-order valence-corrected chi connectivity index (χ1v) is 7.77. The van der Waals surface area contributed by atoms with Gasteiger partial charge in [0.25, 0.3) is 0 Å². The molecule has 18 heavy (non-hydrogen) atoms. The van der Waals surface area contributed by atoms with Crippen molar-refractivity contribution in [1.29, 1.82) is 0 Å². The molecular weight excluding hydrogens is 224 g/mol. The van der Waals surface area contributed by atoms with Crippen molar-refractivity contribution in [1.82, 2.24) is 10.2 Å². The Morgan fingerprint density at radius 3 is 2.72 bits per heavy atom. The molecule has 0 aromatic heterocycles.